The molecule has 0 amide bonds. The molecule has 6 aliphatic rings. The zero-order valence-electron chi connectivity index (χ0n) is 33.9. The SMILES string of the molecule is COC1CC2CCC(=O)[C@@H]([C@H](O)CCCC[C@H]3CN[C@@H]4CC(=O)CC[C@H]4C3)C#C[C@@H](CC[C@H](O)C[C@H](C=CC3CCCCC3)C3CCNC(N)C3)C2CC1O. The number of methoxy groups -OCH3 is 1. The van der Waals surface area contributed by atoms with Crippen LogP contribution >= 0.6 is 0 Å². The van der Waals surface area contributed by atoms with E-state index >= 15 is 0 Å². The lowest BCUT2D eigenvalue weighted by molar-refractivity contribution is -0.125. The Labute approximate surface area is 332 Å². The molecule has 0 spiro atoms. The molecule has 0 aromatic rings. The van der Waals surface area contributed by atoms with E-state index in [0.29, 0.717) is 93.3 Å². The van der Waals surface area contributed by atoms with Crippen molar-refractivity contribution in [1.82, 2.24) is 10.6 Å². The van der Waals surface area contributed by atoms with E-state index in [9.17, 15) is 24.9 Å². The minimum atomic E-state index is -0.796. The Balaban J connectivity index is 1.07. The number of nitrogens with two attached hydrogens (primary N) is 1. The lowest BCUT2D eigenvalue weighted by Crippen LogP contribution is -2.48. The highest BCUT2D eigenvalue weighted by molar-refractivity contribution is 5.84. The van der Waals surface area contributed by atoms with Gasteiger partial charge in [-0.25, -0.2) is 0 Å². The number of carbonyl (C=O) groups excluding carboxylic acids is 2. The lowest BCUT2D eigenvalue weighted by atomic mass is 9.67. The average Bonchev–Trinajstić information content (AvgIpc) is 3.25. The van der Waals surface area contributed by atoms with Gasteiger partial charge in [0.1, 0.15) is 17.5 Å². The van der Waals surface area contributed by atoms with Crippen molar-refractivity contribution < 1.29 is 29.6 Å². The lowest BCUT2D eigenvalue weighted by Gasteiger charge is -2.41. The van der Waals surface area contributed by atoms with Gasteiger partial charge >= 0.3 is 0 Å². The number of hydrogen-bond donors (Lipinski definition) is 6. The number of rotatable bonds is 15. The van der Waals surface area contributed by atoms with Gasteiger partial charge in [-0.05, 0) is 144 Å². The van der Waals surface area contributed by atoms with Crippen LogP contribution in [0.1, 0.15) is 141 Å². The highest BCUT2D eigenvalue weighted by Gasteiger charge is 2.41. The number of aliphatic hydroxyl groups is 3. The highest BCUT2D eigenvalue weighted by atomic mass is 16.5. The predicted molar refractivity (Wildman–Crippen MR) is 217 cm³/mol. The Morgan fingerprint density at radius 2 is 1.73 bits per heavy atom. The van der Waals surface area contributed by atoms with Crippen molar-refractivity contribution in [3.63, 3.8) is 0 Å². The Hall–Kier alpha value is -1.64. The van der Waals surface area contributed by atoms with Gasteiger partial charge in [0, 0.05) is 38.3 Å². The number of Topliss-reactive ketones (excluding diaryl/α,β-unsaturated/α-hetero) is 2. The topological polar surface area (TPSA) is 154 Å². The molecule has 2 heterocycles. The van der Waals surface area contributed by atoms with Gasteiger partial charge in [-0.15, -0.1) is 0 Å². The van der Waals surface area contributed by atoms with Gasteiger partial charge in [-0.3, -0.25) is 9.59 Å². The van der Waals surface area contributed by atoms with Gasteiger partial charge in [0.25, 0.3) is 0 Å². The van der Waals surface area contributed by atoms with Gasteiger partial charge in [-0.1, -0.05) is 56.1 Å². The number of aliphatic hydroxyl groups excluding tert-OH is 3. The number of ketones is 2. The number of fused-ring (bicyclic) bond motifs is 2. The number of piperidine rings is 2. The first-order valence-corrected chi connectivity index (χ1v) is 22.7. The molecule has 55 heavy (non-hydrogen) atoms. The number of carbonyl (C=O) groups is 2. The summed E-state index contributed by atoms with van der Waals surface area (Å²) in [6.07, 6.45) is 22.7. The third-order valence-corrected chi connectivity index (χ3v) is 15.0. The summed E-state index contributed by atoms with van der Waals surface area (Å²) in [5.74, 6) is 9.37. The van der Waals surface area contributed by atoms with Crippen LogP contribution in [-0.4, -0.2) is 83.7 Å². The van der Waals surface area contributed by atoms with Crippen molar-refractivity contribution in [3.8, 4) is 11.8 Å². The Morgan fingerprint density at radius 1 is 0.909 bits per heavy atom. The van der Waals surface area contributed by atoms with E-state index in [1.165, 1.54) is 38.5 Å². The molecule has 0 aromatic carbocycles. The molecule has 4 aliphatic carbocycles. The summed E-state index contributed by atoms with van der Waals surface area (Å²) in [5.41, 5.74) is 6.36. The maximum Gasteiger partial charge on any atom is 0.150 e. The molecular formula is C46H75N3O6. The third-order valence-electron chi connectivity index (χ3n) is 15.0. The summed E-state index contributed by atoms with van der Waals surface area (Å²) < 4.78 is 5.69. The zero-order valence-corrected chi connectivity index (χ0v) is 33.9. The Kier molecular flexibility index (Phi) is 16.7. The molecule has 6 rings (SSSR count). The highest BCUT2D eigenvalue weighted by Crippen LogP contribution is 2.42. The standard InChI is InChI=1S/C46H75N3O6/c1-55-45-25-35-16-20-43(53)39(42(52)10-6-5-9-31-23-36-14-18-38(51)27-41(36)49-29-31)19-15-32(40(35)28-44(45)54)13-17-37(50)24-33(34-21-22-48-46(47)26-34)12-11-30-7-3-2-4-8-30/h11-12,30-37,39-42,44-46,48-50,52,54H,2-10,13-14,16-18,20-29,47H2,1H3/t31-,32-,33+,34?,35?,36+,37+,39-,40?,41-,42-,44?,45?,46?/m1/s1. The van der Waals surface area contributed by atoms with Gasteiger partial charge in [0.2, 0.25) is 0 Å². The molecule has 9 heteroatoms. The molecule has 0 aromatic heterocycles. The average molecular weight is 766 g/mol. The fourth-order valence-corrected chi connectivity index (χ4v) is 11.6. The third kappa shape index (κ3) is 12.4. The first-order valence-electron chi connectivity index (χ1n) is 22.7. The van der Waals surface area contributed by atoms with Crippen molar-refractivity contribution in [2.24, 2.45) is 59.0 Å². The Bertz CT molecular complexity index is 1310. The minimum Gasteiger partial charge on any atom is -0.393 e. The van der Waals surface area contributed by atoms with E-state index in [4.69, 9.17) is 10.5 Å². The van der Waals surface area contributed by atoms with Crippen molar-refractivity contribution >= 4 is 11.6 Å². The van der Waals surface area contributed by atoms with Crippen LogP contribution in [0.4, 0.5) is 0 Å². The second-order valence-electron chi connectivity index (χ2n) is 18.9. The monoisotopic (exact) mass is 766 g/mol. The molecule has 0 bridgehead atoms. The first kappa shape index (κ1) is 43.0. The minimum absolute atomic E-state index is 0.000192. The van der Waals surface area contributed by atoms with Gasteiger partial charge < -0.3 is 36.4 Å². The van der Waals surface area contributed by atoms with Crippen molar-refractivity contribution in [1.29, 1.82) is 0 Å². The summed E-state index contributed by atoms with van der Waals surface area (Å²) in [5, 5.41) is 41.2. The van der Waals surface area contributed by atoms with Crippen LogP contribution in [0.3, 0.4) is 0 Å². The van der Waals surface area contributed by atoms with Crippen LogP contribution in [0, 0.1) is 65.1 Å². The van der Waals surface area contributed by atoms with Crippen molar-refractivity contribution in [3.05, 3.63) is 12.2 Å². The summed E-state index contributed by atoms with van der Waals surface area (Å²) in [6.45, 7) is 1.88. The largest absolute Gasteiger partial charge is 0.393 e. The fraction of sp³-hybridized carbons (Fsp3) is 0.870. The summed E-state index contributed by atoms with van der Waals surface area (Å²) in [4.78, 5) is 25.6. The van der Waals surface area contributed by atoms with E-state index in [1.54, 1.807) is 7.11 Å². The van der Waals surface area contributed by atoms with Gasteiger partial charge in [0.05, 0.1) is 30.6 Å². The summed E-state index contributed by atoms with van der Waals surface area (Å²) in [6, 6.07) is 0.357. The molecule has 9 nitrogen and oxygen atoms in total. The zero-order chi connectivity index (χ0) is 38.7. The Morgan fingerprint density at radius 3 is 2.53 bits per heavy atom. The molecule has 3 saturated carbocycles. The molecule has 7 N–H and O–H groups in total. The first-order chi connectivity index (χ1) is 26.7. The quantitative estimate of drug-likeness (QED) is 0.0688. The van der Waals surface area contributed by atoms with Crippen LogP contribution in [0.25, 0.3) is 0 Å². The van der Waals surface area contributed by atoms with Crippen LogP contribution in [0.15, 0.2) is 12.2 Å². The number of ether oxygens (including phenoxy) is 1. The van der Waals surface area contributed by atoms with Crippen LogP contribution < -0.4 is 16.4 Å². The second-order valence-corrected chi connectivity index (χ2v) is 18.9. The van der Waals surface area contributed by atoms with Gasteiger partial charge in [0.15, 0.2) is 0 Å². The number of hydrogen-bond acceptors (Lipinski definition) is 9. The van der Waals surface area contributed by atoms with E-state index < -0.39 is 24.2 Å². The van der Waals surface area contributed by atoms with Crippen molar-refractivity contribution in [2.75, 3.05) is 20.2 Å². The number of nitrogens with one attached hydrogen (secondary N) is 2. The molecular weight excluding hydrogens is 691 g/mol. The summed E-state index contributed by atoms with van der Waals surface area (Å²) >= 11 is 0. The van der Waals surface area contributed by atoms with E-state index in [2.05, 4.69) is 34.6 Å². The number of allylic oxidation sites excluding steroid dienone is 2. The van der Waals surface area contributed by atoms with Crippen molar-refractivity contribution in [2.45, 2.75) is 178 Å². The van der Waals surface area contributed by atoms with E-state index in [1.807, 2.05) is 0 Å². The summed E-state index contributed by atoms with van der Waals surface area (Å²) in [7, 11) is 1.66. The normalized spacial score (nSPS) is 38.1. The predicted octanol–water partition coefficient (Wildman–Crippen LogP) is 5.82. The molecule has 310 valence electrons. The van der Waals surface area contributed by atoms with Gasteiger partial charge in [-0.2, -0.15) is 0 Å². The molecule has 2 saturated heterocycles. The number of unbranched alkanes of at least 4 members (excludes halogenated alkanes) is 1. The molecule has 6 unspecified atom stereocenters. The van der Waals surface area contributed by atoms with E-state index in [0.717, 1.165) is 58.0 Å². The molecule has 5 fully saturated rings. The maximum absolute atomic E-state index is 13.7. The smallest absolute Gasteiger partial charge is 0.150 e. The maximum atomic E-state index is 13.7. The van der Waals surface area contributed by atoms with Crippen LogP contribution in [-0.2, 0) is 14.3 Å². The molecule has 0 radical (unpaired) electrons. The fourth-order valence-electron chi connectivity index (χ4n) is 11.6. The molecule has 14 atom stereocenters. The van der Waals surface area contributed by atoms with E-state index in [-0.39, 0.29) is 41.7 Å². The van der Waals surface area contributed by atoms with Crippen LogP contribution in [0.5, 0.6) is 0 Å². The second kappa shape index (κ2) is 21.4. The molecule has 2 aliphatic heterocycles. The van der Waals surface area contributed by atoms with Crippen LogP contribution in [0.2, 0.25) is 0 Å².